The average Bonchev–Trinajstić information content (AvgIpc) is 2.54. The third-order valence-corrected chi connectivity index (χ3v) is 4.95. The van der Waals surface area contributed by atoms with E-state index >= 15 is 0 Å². The average molecular weight is 374 g/mol. The molecule has 0 saturated heterocycles. The molecule has 0 fully saturated rings. The zero-order valence-electron chi connectivity index (χ0n) is 15.5. The second-order valence-electron chi connectivity index (χ2n) is 6.96. The Morgan fingerprint density at radius 2 is 1.08 bits per heavy atom. The summed E-state index contributed by atoms with van der Waals surface area (Å²) in [5.41, 5.74) is 2.35. The van der Waals surface area contributed by atoms with Crippen LogP contribution in [0.15, 0.2) is 22.3 Å². The summed E-state index contributed by atoms with van der Waals surface area (Å²) in [4.78, 5) is 24.4. The number of halogens is 3. The number of carbonyl (C=O) groups excluding carboxylic acids is 2. The van der Waals surface area contributed by atoms with Crippen LogP contribution in [0.5, 0.6) is 0 Å². The number of unbranched alkanes of at least 4 members (excludes halogenated alkanes) is 7. The Morgan fingerprint density at radius 3 is 1.58 bits per heavy atom. The van der Waals surface area contributed by atoms with Crippen LogP contribution in [0, 0.1) is 0 Å². The fraction of sp³-hybridized carbons (Fsp3) is 0.714. The number of carbonyl (C=O) groups is 2. The maximum Gasteiger partial charge on any atom is 0.389 e. The third kappa shape index (κ3) is 7.88. The van der Waals surface area contributed by atoms with E-state index in [2.05, 4.69) is 0 Å². The van der Waals surface area contributed by atoms with Crippen LogP contribution in [0.1, 0.15) is 92.4 Å². The minimum Gasteiger partial charge on any atom is -0.289 e. The summed E-state index contributed by atoms with van der Waals surface area (Å²) >= 11 is 0. The standard InChI is InChI=1S/C20H29F3O2.CH4/c1-14-15(2)19(25)17(16(3)18(14)24)12-10-8-6-4-5-7-9-11-13-20(21,22)23;/h4-13H2,1-3H3;1H4. The lowest BCUT2D eigenvalue weighted by molar-refractivity contribution is -0.135. The van der Waals surface area contributed by atoms with Gasteiger partial charge in [0, 0.05) is 28.7 Å². The molecular weight excluding hydrogens is 341 g/mol. The Labute approximate surface area is 155 Å². The molecule has 0 unspecified atom stereocenters. The maximum absolute atomic E-state index is 12.3. The highest BCUT2D eigenvalue weighted by Gasteiger charge is 2.27. The van der Waals surface area contributed by atoms with E-state index in [1.54, 1.807) is 20.8 Å². The summed E-state index contributed by atoms with van der Waals surface area (Å²) in [7, 11) is 0. The topological polar surface area (TPSA) is 34.1 Å². The third-order valence-electron chi connectivity index (χ3n) is 4.95. The van der Waals surface area contributed by atoms with Crippen LogP contribution < -0.4 is 0 Å². The highest BCUT2D eigenvalue weighted by molar-refractivity contribution is 6.24. The quantitative estimate of drug-likeness (QED) is 0.308. The fourth-order valence-corrected chi connectivity index (χ4v) is 3.14. The molecule has 1 rings (SSSR count). The van der Waals surface area contributed by atoms with Gasteiger partial charge in [0.25, 0.3) is 0 Å². The Bertz CT molecular complexity index is 554. The number of hydrogen-bond acceptors (Lipinski definition) is 2. The van der Waals surface area contributed by atoms with E-state index in [9.17, 15) is 22.8 Å². The highest BCUT2D eigenvalue weighted by Crippen LogP contribution is 2.28. The second-order valence-corrected chi connectivity index (χ2v) is 6.96. The van der Waals surface area contributed by atoms with Gasteiger partial charge in [-0.1, -0.05) is 46.0 Å². The van der Waals surface area contributed by atoms with Crippen molar-refractivity contribution in [3.05, 3.63) is 22.3 Å². The molecule has 26 heavy (non-hydrogen) atoms. The number of alkyl halides is 3. The minimum absolute atomic E-state index is 0. The molecule has 1 aliphatic rings. The van der Waals surface area contributed by atoms with Crippen molar-refractivity contribution in [1.82, 2.24) is 0 Å². The second kappa shape index (κ2) is 11.3. The van der Waals surface area contributed by atoms with Gasteiger partial charge in [-0.05, 0) is 40.0 Å². The zero-order chi connectivity index (χ0) is 19.0. The van der Waals surface area contributed by atoms with Gasteiger partial charge < -0.3 is 0 Å². The largest absolute Gasteiger partial charge is 0.389 e. The first kappa shape index (κ1) is 24.6. The molecule has 0 aromatic carbocycles. The number of ketones is 2. The Morgan fingerprint density at radius 1 is 0.654 bits per heavy atom. The lowest BCUT2D eigenvalue weighted by Gasteiger charge is -2.18. The summed E-state index contributed by atoms with van der Waals surface area (Å²) in [6.07, 6.45) is 2.44. The monoisotopic (exact) mass is 374 g/mol. The molecule has 0 heterocycles. The Balaban J connectivity index is 0.00000625. The van der Waals surface area contributed by atoms with Crippen molar-refractivity contribution in [1.29, 1.82) is 0 Å². The predicted octanol–water partition coefficient (Wildman–Crippen LogP) is 6.89. The summed E-state index contributed by atoms with van der Waals surface area (Å²) in [6.45, 7) is 5.14. The molecule has 1 aliphatic carbocycles. The molecule has 0 amide bonds. The van der Waals surface area contributed by atoms with Crippen LogP contribution in [0.2, 0.25) is 0 Å². The van der Waals surface area contributed by atoms with Crippen LogP contribution >= 0.6 is 0 Å². The molecule has 0 N–H and O–H groups in total. The summed E-state index contributed by atoms with van der Waals surface area (Å²) in [5, 5.41) is 0. The van der Waals surface area contributed by atoms with Crippen LogP contribution in [0.4, 0.5) is 13.2 Å². The van der Waals surface area contributed by atoms with Gasteiger partial charge in [-0.15, -0.1) is 0 Å². The van der Waals surface area contributed by atoms with Gasteiger partial charge in [0.2, 0.25) is 0 Å². The predicted molar refractivity (Wildman–Crippen MR) is 100 cm³/mol. The number of allylic oxidation sites excluding steroid dienone is 4. The molecule has 150 valence electrons. The molecule has 0 aromatic heterocycles. The van der Waals surface area contributed by atoms with Gasteiger partial charge in [0.05, 0.1) is 0 Å². The smallest absolute Gasteiger partial charge is 0.289 e. The van der Waals surface area contributed by atoms with Gasteiger partial charge in [0.15, 0.2) is 11.6 Å². The highest BCUT2D eigenvalue weighted by atomic mass is 19.4. The molecule has 0 atom stereocenters. The van der Waals surface area contributed by atoms with E-state index < -0.39 is 12.6 Å². The Hall–Kier alpha value is -1.39. The van der Waals surface area contributed by atoms with E-state index in [1.165, 1.54) is 0 Å². The van der Waals surface area contributed by atoms with Crippen LogP contribution in [-0.2, 0) is 9.59 Å². The lowest BCUT2D eigenvalue weighted by Crippen LogP contribution is -2.20. The van der Waals surface area contributed by atoms with E-state index in [0.717, 1.165) is 38.5 Å². The molecule has 0 radical (unpaired) electrons. The van der Waals surface area contributed by atoms with Gasteiger partial charge in [-0.2, -0.15) is 13.2 Å². The van der Waals surface area contributed by atoms with Gasteiger partial charge in [-0.3, -0.25) is 9.59 Å². The van der Waals surface area contributed by atoms with Gasteiger partial charge in [-0.25, -0.2) is 0 Å². The number of hydrogen-bond donors (Lipinski definition) is 0. The van der Waals surface area contributed by atoms with Crippen molar-refractivity contribution in [2.75, 3.05) is 0 Å². The van der Waals surface area contributed by atoms with Crippen molar-refractivity contribution in [2.45, 2.75) is 98.6 Å². The number of rotatable bonds is 10. The SMILES string of the molecule is C.CC1=C(C)C(=O)C(CCCCCCCCCCC(F)(F)F)=C(C)C1=O. The first-order valence-corrected chi connectivity index (χ1v) is 9.18. The summed E-state index contributed by atoms with van der Waals surface area (Å²) < 4.78 is 36.0. The first-order valence-electron chi connectivity index (χ1n) is 9.18. The van der Waals surface area contributed by atoms with Crippen molar-refractivity contribution in [3.8, 4) is 0 Å². The molecule has 0 aliphatic heterocycles. The van der Waals surface area contributed by atoms with E-state index in [0.29, 0.717) is 35.1 Å². The van der Waals surface area contributed by atoms with Crippen LogP contribution in [-0.4, -0.2) is 17.7 Å². The van der Waals surface area contributed by atoms with Crippen LogP contribution in [0.25, 0.3) is 0 Å². The van der Waals surface area contributed by atoms with E-state index in [4.69, 9.17) is 0 Å². The van der Waals surface area contributed by atoms with E-state index in [1.807, 2.05) is 0 Å². The first-order chi connectivity index (χ1) is 11.6. The molecule has 0 bridgehead atoms. The normalized spacial score (nSPS) is 15.6. The zero-order valence-corrected chi connectivity index (χ0v) is 15.5. The summed E-state index contributed by atoms with van der Waals surface area (Å²) in [5.74, 6) is -0.0229. The minimum atomic E-state index is -4.03. The number of Topliss-reactive ketones (excluding diaryl/α,β-unsaturated/α-hetero) is 2. The Kier molecular flexibility index (Phi) is 10.7. The van der Waals surface area contributed by atoms with Gasteiger partial charge in [0.1, 0.15) is 0 Å². The molecule has 0 spiro atoms. The summed E-state index contributed by atoms with van der Waals surface area (Å²) in [6, 6.07) is 0. The molecule has 0 aromatic rings. The van der Waals surface area contributed by atoms with Gasteiger partial charge >= 0.3 is 6.18 Å². The van der Waals surface area contributed by atoms with Crippen molar-refractivity contribution in [2.24, 2.45) is 0 Å². The molecule has 0 saturated carbocycles. The fourth-order valence-electron chi connectivity index (χ4n) is 3.14. The maximum atomic E-state index is 12.3. The lowest BCUT2D eigenvalue weighted by atomic mass is 9.84. The van der Waals surface area contributed by atoms with E-state index in [-0.39, 0.29) is 25.4 Å². The van der Waals surface area contributed by atoms with Crippen molar-refractivity contribution in [3.63, 3.8) is 0 Å². The van der Waals surface area contributed by atoms with Crippen molar-refractivity contribution >= 4 is 11.6 Å². The molecular formula is C21H33F3O2. The van der Waals surface area contributed by atoms with Crippen LogP contribution in [0.3, 0.4) is 0 Å². The molecule has 2 nitrogen and oxygen atoms in total. The molecule has 5 heteroatoms. The van der Waals surface area contributed by atoms with Crippen molar-refractivity contribution < 1.29 is 22.8 Å².